The highest BCUT2D eigenvalue weighted by molar-refractivity contribution is 7.15. The van der Waals surface area contributed by atoms with Crippen LogP contribution in [-0.2, 0) is 0 Å². The maximum Gasteiger partial charge on any atom is 0.278 e. The topological polar surface area (TPSA) is 128 Å². The molecule has 0 bridgehead atoms. The SMILES string of the molecule is O=C(Nc1nc2scc(-c3ccc([N+](=O)[O-])cc3)n2n1)c1cnccn1. The van der Waals surface area contributed by atoms with Gasteiger partial charge in [0.2, 0.25) is 4.96 Å². The maximum absolute atomic E-state index is 12.1. The fourth-order valence-corrected chi connectivity index (χ4v) is 3.10. The number of nitrogens with zero attached hydrogens (tertiary/aromatic N) is 6. The van der Waals surface area contributed by atoms with E-state index in [-0.39, 0.29) is 17.3 Å². The van der Waals surface area contributed by atoms with E-state index in [9.17, 15) is 14.9 Å². The van der Waals surface area contributed by atoms with Crippen molar-refractivity contribution >= 4 is 33.8 Å². The van der Waals surface area contributed by atoms with Gasteiger partial charge in [0.25, 0.3) is 17.5 Å². The average Bonchev–Trinajstić information content (AvgIpc) is 3.22. The quantitative estimate of drug-likeness (QED) is 0.433. The summed E-state index contributed by atoms with van der Waals surface area (Å²) in [5.74, 6) is -0.330. The second-order valence-electron chi connectivity index (χ2n) is 5.10. The van der Waals surface area contributed by atoms with Gasteiger partial charge in [-0.25, -0.2) is 9.50 Å². The maximum atomic E-state index is 12.1. The van der Waals surface area contributed by atoms with Crippen LogP contribution < -0.4 is 5.32 Å². The van der Waals surface area contributed by atoms with Crippen molar-refractivity contribution in [1.82, 2.24) is 24.6 Å². The first-order chi connectivity index (χ1) is 12.6. The number of amides is 1. The molecule has 1 amide bonds. The molecule has 1 N–H and O–H groups in total. The van der Waals surface area contributed by atoms with E-state index in [0.29, 0.717) is 10.7 Å². The summed E-state index contributed by atoms with van der Waals surface area (Å²) in [4.78, 5) is 35.0. The minimum atomic E-state index is -0.465. The molecule has 0 aliphatic carbocycles. The van der Waals surface area contributed by atoms with E-state index in [1.165, 1.54) is 42.1 Å². The van der Waals surface area contributed by atoms with Gasteiger partial charge in [0.1, 0.15) is 5.69 Å². The number of carbonyl (C=O) groups is 1. The zero-order valence-electron chi connectivity index (χ0n) is 12.9. The minimum Gasteiger partial charge on any atom is -0.288 e. The molecular formula is C15H9N7O3S. The van der Waals surface area contributed by atoms with Gasteiger partial charge in [-0.1, -0.05) is 0 Å². The van der Waals surface area contributed by atoms with Gasteiger partial charge in [-0.05, 0) is 12.1 Å². The van der Waals surface area contributed by atoms with Crippen LogP contribution in [0.25, 0.3) is 16.2 Å². The van der Waals surface area contributed by atoms with Crippen LogP contribution in [0.2, 0.25) is 0 Å². The number of fused-ring (bicyclic) bond motifs is 1. The monoisotopic (exact) mass is 367 g/mol. The molecule has 0 spiro atoms. The molecule has 0 unspecified atom stereocenters. The summed E-state index contributed by atoms with van der Waals surface area (Å²) in [5, 5.41) is 19.4. The Morgan fingerprint density at radius 1 is 1.23 bits per heavy atom. The van der Waals surface area contributed by atoms with Crippen molar-refractivity contribution in [3.05, 3.63) is 64.0 Å². The van der Waals surface area contributed by atoms with Crippen molar-refractivity contribution in [3.63, 3.8) is 0 Å². The van der Waals surface area contributed by atoms with Gasteiger partial charge in [-0.15, -0.1) is 16.4 Å². The molecule has 4 rings (SSSR count). The zero-order valence-corrected chi connectivity index (χ0v) is 13.8. The van der Waals surface area contributed by atoms with Gasteiger partial charge >= 0.3 is 0 Å². The predicted octanol–water partition coefficient (Wildman–Crippen LogP) is 2.41. The summed E-state index contributed by atoms with van der Waals surface area (Å²) in [6.07, 6.45) is 4.23. The molecule has 0 saturated heterocycles. The zero-order chi connectivity index (χ0) is 18.1. The Hall–Kier alpha value is -3.73. The van der Waals surface area contributed by atoms with Crippen molar-refractivity contribution in [1.29, 1.82) is 0 Å². The highest BCUT2D eigenvalue weighted by atomic mass is 32.1. The van der Waals surface area contributed by atoms with Gasteiger partial charge in [-0.2, -0.15) is 4.98 Å². The molecule has 1 aromatic carbocycles. The van der Waals surface area contributed by atoms with E-state index in [1.807, 2.05) is 5.38 Å². The first-order valence-electron chi connectivity index (χ1n) is 7.28. The largest absolute Gasteiger partial charge is 0.288 e. The Kier molecular flexibility index (Phi) is 3.82. The average molecular weight is 367 g/mol. The number of non-ortho nitro benzene ring substituents is 1. The molecule has 4 aromatic rings. The summed E-state index contributed by atoms with van der Waals surface area (Å²) in [6.45, 7) is 0. The number of hydrogen-bond donors (Lipinski definition) is 1. The van der Waals surface area contributed by atoms with Crippen LogP contribution in [0.1, 0.15) is 10.5 Å². The molecule has 0 fully saturated rings. The number of hydrogen-bond acceptors (Lipinski definition) is 8. The summed E-state index contributed by atoms with van der Waals surface area (Å²) in [5.41, 5.74) is 1.63. The summed E-state index contributed by atoms with van der Waals surface area (Å²) in [6, 6.07) is 6.12. The Bertz CT molecular complexity index is 1110. The van der Waals surface area contributed by atoms with Gasteiger partial charge in [0, 0.05) is 35.5 Å². The number of nitrogens with one attached hydrogen (secondary N) is 1. The lowest BCUT2D eigenvalue weighted by atomic mass is 10.1. The van der Waals surface area contributed by atoms with E-state index in [1.54, 1.807) is 16.6 Å². The smallest absolute Gasteiger partial charge is 0.278 e. The highest BCUT2D eigenvalue weighted by Gasteiger charge is 2.15. The van der Waals surface area contributed by atoms with E-state index in [4.69, 9.17) is 0 Å². The van der Waals surface area contributed by atoms with E-state index in [0.717, 1.165) is 5.56 Å². The standard InChI is InChI=1S/C15H9N7O3S/c23-13(11-7-16-5-6-17-11)18-14-19-15-21(20-14)12(8-26-15)9-1-3-10(4-2-9)22(24)25/h1-8H,(H,18,20,23). The van der Waals surface area contributed by atoms with Crippen molar-refractivity contribution < 1.29 is 9.72 Å². The van der Waals surface area contributed by atoms with E-state index in [2.05, 4.69) is 25.4 Å². The normalized spacial score (nSPS) is 10.8. The third kappa shape index (κ3) is 2.86. The third-order valence-corrected chi connectivity index (χ3v) is 4.29. The Morgan fingerprint density at radius 3 is 2.73 bits per heavy atom. The summed E-state index contributed by atoms with van der Waals surface area (Å²) in [7, 11) is 0. The van der Waals surface area contributed by atoms with Crippen molar-refractivity contribution in [2.75, 3.05) is 5.32 Å². The second-order valence-corrected chi connectivity index (χ2v) is 5.94. The van der Waals surface area contributed by atoms with Crippen LogP contribution in [0.5, 0.6) is 0 Å². The van der Waals surface area contributed by atoms with E-state index >= 15 is 0 Å². The van der Waals surface area contributed by atoms with Gasteiger partial charge in [0.05, 0.1) is 16.8 Å². The number of thiazole rings is 1. The molecule has 3 aromatic heterocycles. The summed E-state index contributed by atoms with van der Waals surface area (Å²) < 4.78 is 1.57. The lowest BCUT2D eigenvalue weighted by Crippen LogP contribution is -2.14. The fraction of sp³-hybridized carbons (Fsp3) is 0. The number of rotatable bonds is 4. The number of nitro benzene ring substituents is 1. The van der Waals surface area contributed by atoms with Crippen molar-refractivity contribution in [2.45, 2.75) is 0 Å². The Morgan fingerprint density at radius 2 is 2.04 bits per heavy atom. The number of carbonyl (C=O) groups excluding carboxylic acids is 1. The lowest BCUT2D eigenvalue weighted by Gasteiger charge is -2.00. The third-order valence-electron chi connectivity index (χ3n) is 3.48. The molecule has 0 aliphatic rings. The molecule has 10 nitrogen and oxygen atoms in total. The van der Waals surface area contributed by atoms with Crippen LogP contribution in [0.4, 0.5) is 11.6 Å². The first kappa shape index (κ1) is 15.8. The second kappa shape index (κ2) is 6.29. The lowest BCUT2D eigenvalue weighted by molar-refractivity contribution is -0.384. The molecule has 128 valence electrons. The Balaban J connectivity index is 1.63. The van der Waals surface area contributed by atoms with E-state index < -0.39 is 10.8 Å². The number of aromatic nitrogens is 5. The minimum absolute atomic E-state index is 0.00994. The van der Waals surface area contributed by atoms with Crippen LogP contribution >= 0.6 is 11.3 Å². The van der Waals surface area contributed by atoms with Gasteiger partial charge in [0.15, 0.2) is 0 Å². The molecule has 0 radical (unpaired) electrons. The molecule has 26 heavy (non-hydrogen) atoms. The summed E-state index contributed by atoms with van der Waals surface area (Å²) >= 11 is 1.34. The van der Waals surface area contributed by atoms with Crippen LogP contribution in [0.3, 0.4) is 0 Å². The highest BCUT2D eigenvalue weighted by Crippen LogP contribution is 2.27. The number of nitro groups is 1. The predicted molar refractivity (Wildman–Crippen MR) is 92.9 cm³/mol. The molecule has 0 atom stereocenters. The van der Waals surface area contributed by atoms with Crippen molar-refractivity contribution in [3.8, 4) is 11.3 Å². The Labute approximate surface area is 149 Å². The molecule has 3 heterocycles. The molecule has 0 saturated carbocycles. The molecule has 0 aliphatic heterocycles. The first-order valence-corrected chi connectivity index (χ1v) is 8.16. The van der Waals surface area contributed by atoms with Crippen LogP contribution in [0, 0.1) is 10.1 Å². The van der Waals surface area contributed by atoms with Gasteiger partial charge in [-0.3, -0.25) is 25.2 Å². The van der Waals surface area contributed by atoms with Crippen LogP contribution in [0.15, 0.2) is 48.2 Å². The van der Waals surface area contributed by atoms with Crippen LogP contribution in [-0.4, -0.2) is 35.4 Å². The van der Waals surface area contributed by atoms with Crippen molar-refractivity contribution in [2.24, 2.45) is 0 Å². The molecule has 11 heteroatoms. The number of anilines is 1. The number of benzene rings is 1. The molecular weight excluding hydrogens is 358 g/mol. The fourth-order valence-electron chi connectivity index (χ4n) is 2.27. The van der Waals surface area contributed by atoms with Gasteiger partial charge < -0.3 is 0 Å².